The van der Waals surface area contributed by atoms with Crippen molar-refractivity contribution in [3.63, 3.8) is 0 Å². The van der Waals surface area contributed by atoms with E-state index < -0.39 is 0 Å². The molecular weight excluding hydrogens is 286 g/mol. The van der Waals surface area contributed by atoms with Gasteiger partial charge in [-0.2, -0.15) is 0 Å². The first-order chi connectivity index (χ1) is 10.6. The van der Waals surface area contributed by atoms with Crippen LogP contribution in [-0.4, -0.2) is 31.2 Å². The summed E-state index contributed by atoms with van der Waals surface area (Å²) in [4.78, 5) is 23.9. The van der Waals surface area contributed by atoms with Crippen LogP contribution >= 0.6 is 0 Å². The average Bonchev–Trinajstić information content (AvgIpc) is 2.94. The largest absolute Gasteiger partial charge is 0.454 e. The lowest BCUT2D eigenvalue weighted by molar-refractivity contribution is -0.119. The van der Waals surface area contributed by atoms with E-state index >= 15 is 0 Å². The highest BCUT2D eigenvalue weighted by atomic mass is 16.7. The molecule has 2 aliphatic heterocycles. The van der Waals surface area contributed by atoms with Crippen molar-refractivity contribution >= 4 is 17.4 Å². The van der Waals surface area contributed by atoms with Crippen molar-refractivity contribution in [2.24, 2.45) is 0 Å². The van der Waals surface area contributed by atoms with Gasteiger partial charge in [0.2, 0.25) is 12.7 Å². The van der Waals surface area contributed by atoms with E-state index in [1.165, 1.54) is 6.92 Å². The fraction of sp³-hybridized carbons (Fsp3) is 0.500. The zero-order chi connectivity index (χ0) is 15.5. The first-order valence-electron chi connectivity index (χ1n) is 7.49. The number of ether oxygens (including phenoxy) is 3. The number of carbonyl (C=O) groups is 2. The van der Waals surface area contributed by atoms with E-state index in [0.29, 0.717) is 35.8 Å². The minimum atomic E-state index is -0.159. The maximum atomic E-state index is 12.2. The van der Waals surface area contributed by atoms with E-state index in [-0.39, 0.29) is 24.6 Å². The van der Waals surface area contributed by atoms with Crippen LogP contribution in [0.1, 0.15) is 43.0 Å². The van der Waals surface area contributed by atoms with Gasteiger partial charge in [-0.15, -0.1) is 0 Å². The molecule has 1 amide bonds. The van der Waals surface area contributed by atoms with Gasteiger partial charge in [-0.1, -0.05) is 0 Å². The quantitative estimate of drug-likeness (QED) is 0.865. The summed E-state index contributed by atoms with van der Waals surface area (Å²) in [5.74, 6) is 0.767. The molecule has 1 atom stereocenters. The number of benzene rings is 1. The third kappa shape index (κ3) is 3.22. The normalized spacial score (nSPS) is 19.8. The molecule has 1 N–H and O–H groups in total. The number of amides is 1. The molecule has 0 saturated carbocycles. The second-order valence-corrected chi connectivity index (χ2v) is 5.55. The van der Waals surface area contributed by atoms with Gasteiger partial charge < -0.3 is 19.5 Å². The Morgan fingerprint density at radius 2 is 2.00 bits per heavy atom. The molecule has 0 aromatic heterocycles. The Labute approximate surface area is 128 Å². The zero-order valence-corrected chi connectivity index (χ0v) is 12.5. The Balaban J connectivity index is 1.73. The summed E-state index contributed by atoms with van der Waals surface area (Å²) >= 11 is 0. The first kappa shape index (κ1) is 14.8. The second-order valence-electron chi connectivity index (χ2n) is 5.55. The van der Waals surface area contributed by atoms with Crippen LogP contribution in [0.2, 0.25) is 0 Å². The highest BCUT2D eigenvalue weighted by Crippen LogP contribution is 2.37. The van der Waals surface area contributed by atoms with Crippen LogP contribution in [0.25, 0.3) is 0 Å². The van der Waals surface area contributed by atoms with Crippen LogP contribution in [0.5, 0.6) is 11.5 Å². The molecule has 6 nitrogen and oxygen atoms in total. The summed E-state index contributed by atoms with van der Waals surface area (Å²) < 4.78 is 16.1. The van der Waals surface area contributed by atoms with Crippen LogP contribution in [0.4, 0.5) is 5.69 Å². The number of hydrogen-bond donors (Lipinski definition) is 1. The number of anilines is 1. The lowest BCUT2D eigenvalue weighted by Gasteiger charge is -2.22. The fourth-order valence-corrected chi connectivity index (χ4v) is 2.71. The Hall–Kier alpha value is -2.08. The molecule has 22 heavy (non-hydrogen) atoms. The number of nitrogens with one attached hydrogen (secondary N) is 1. The van der Waals surface area contributed by atoms with Gasteiger partial charge in [0.25, 0.3) is 0 Å². The Kier molecular flexibility index (Phi) is 4.29. The van der Waals surface area contributed by atoms with Crippen LogP contribution in [0.3, 0.4) is 0 Å². The van der Waals surface area contributed by atoms with E-state index in [1.54, 1.807) is 12.1 Å². The summed E-state index contributed by atoms with van der Waals surface area (Å²) in [5.41, 5.74) is 0.875. The molecule has 1 aromatic carbocycles. The number of rotatable bonds is 4. The van der Waals surface area contributed by atoms with Crippen molar-refractivity contribution in [3.05, 3.63) is 17.7 Å². The SMILES string of the molecule is CC(=O)c1cc2c(cc1NC(=O)CC1CCCCO1)OCO2. The highest BCUT2D eigenvalue weighted by Gasteiger charge is 2.22. The number of fused-ring (bicyclic) bond motifs is 1. The van der Waals surface area contributed by atoms with Crippen molar-refractivity contribution in [2.45, 2.75) is 38.7 Å². The van der Waals surface area contributed by atoms with Crippen molar-refractivity contribution in [1.29, 1.82) is 0 Å². The standard InChI is InChI=1S/C16H19NO5/c1-10(18)12-7-14-15(22-9-21-14)8-13(12)17-16(19)6-11-4-2-3-5-20-11/h7-8,11H,2-6,9H2,1H3,(H,17,19). The van der Waals surface area contributed by atoms with E-state index in [1.807, 2.05) is 0 Å². The summed E-state index contributed by atoms with van der Waals surface area (Å²) in [7, 11) is 0. The number of carbonyl (C=O) groups excluding carboxylic acids is 2. The zero-order valence-electron chi connectivity index (χ0n) is 12.5. The Morgan fingerprint density at radius 3 is 2.68 bits per heavy atom. The molecule has 1 fully saturated rings. The summed E-state index contributed by atoms with van der Waals surface area (Å²) in [6, 6.07) is 3.25. The van der Waals surface area contributed by atoms with E-state index in [0.717, 1.165) is 19.3 Å². The summed E-state index contributed by atoms with van der Waals surface area (Å²) in [6.07, 6.45) is 3.29. The number of ketones is 1. The number of Topliss-reactive ketones (excluding diaryl/α,β-unsaturated/α-hetero) is 1. The van der Waals surface area contributed by atoms with Gasteiger partial charge >= 0.3 is 0 Å². The predicted molar refractivity (Wildman–Crippen MR) is 79.4 cm³/mol. The van der Waals surface area contributed by atoms with E-state index in [4.69, 9.17) is 14.2 Å². The van der Waals surface area contributed by atoms with Crippen LogP contribution in [0.15, 0.2) is 12.1 Å². The molecule has 1 saturated heterocycles. The topological polar surface area (TPSA) is 73.9 Å². The third-order valence-electron chi connectivity index (χ3n) is 3.85. The highest BCUT2D eigenvalue weighted by molar-refractivity contribution is 6.04. The molecule has 6 heteroatoms. The first-order valence-corrected chi connectivity index (χ1v) is 7.49. The van der Waals surface area contributed by atoms with Crippen LogP contribution < -0.4 is 14.8 Å². The number of hydrogen-bond acceptors (Lipinski definition) is 5. The maximum Gasteiger partial charge on any atom is 0.231 e. The molecule has 2 aliphatic rings. The molecule has 0 bridgehead atoms. The second kappa shape index (κ2) is 6.36. The molecule has 1 unspecified atom stereocenters. The fourth-order valence-electron chi connectivity index (χ4n) is 2.71. The lowest BCUT2D eigenvalue weighted by atomic mass is 10.1. The lowest BCUT2D eigenvalue weighted by Crippen LogP contribution is -2.26. The summed E-state index contributed by atoms with van der Waals surface area (Å²) in [5, 5.41) is 2.79. The minimum absolute atomic E-state index is 0.0384. The van der Waals surface area contributed by atoms with E-state index in [2.05, 4.69) is 5.32 Å². The van der Waals surface area contributed by atoms with Crippen molar-refractivity contribution in [1.82, 2.24) is 0 Å². The van der Waals surface area contributed by atoms with Crippen LogP contribution in [0, 0.1) is 0 Å². The monoisotopic (exact) mass is 305 g/mol. The van der Waals surface area contributed by atoms with Gasteiger partial charge in [0, 0.05) is 18.2 Å². The Morgan fingerprint density at radius 1 is 1.23 bits per heavy atom. The van der Waals surface area contributed by atoms with Gasteiger partial charge in [0.05, 0.1) is 18.2 Å². The Bertz CT molecular complexity index is 592. The van der Waals surface area contributed by atoms with Gasteiger partial charge in [0.1, 0.15) is 0 Å². The molecular formula is C16H19NO5. The summed E-state index contributed by atoms with van der Waals surface area (Å²) in [6.45, 7) is 2.29. The average molecular weight is 305 g/mol. The van der Waals surface area contributed by atoms with Gasteiger partial charge in [0.15, 0.2) is 17.3 Å². The van der Waals surface area contributed by atoms with Crippen molar-refractivity contribution in [3.8, 4) is 11.5 Å². The molecule has 3 rings (SSSR count). The third-order valence-corrected chi connectivity index (χ3v) is 3.85. The molecule has 0 spiro atoms. The smallest absolute Gasteiger partial charge is 0.231 e. The predicted octanol–water partition coefficient (Wildman–Crippen LogP) is 2.52. The van der Waals surface area contributed by atoms with Crippen molar-refractivity contribution in [2.75, 3.05) is 18.7 Å². The van der Waals surface area contributed by atoms with E-state index in [9.17, 15) is 9.59 Å². The molecule has 2 heterocycles. The molecule has 118 valence electrons. The van der Waals surface area contributed by atoms with Gasteiger partial charge in [-0.3, -0.25) is 9.59 Å². The van der Waals surface area contributed by atoms with Crippen LogP contribution in [-0.2, 0) is 9.53 Å². The molecule has 1 aromatic rings. The molecule has 0 radical (unpaired) electrons. The van der Waals surface area contributed by atoms with Crippen molar-refractivity contribution < 1.29 is 23.8 Å². The maximum absolute atomic E-state index is 12.2. The van der Waals surface area contributed by atoms with Gasteiger partial charge in [-0.25, -0.2) is 0 Å². The molecule has 0 aliphatic carbocycles. The minimum Gasteiger partial charge on any atom is -0.454 e. The van der Waals surface area contributed by atoms with Gasteiger partial charge in [-0.05, 0) is 32.3 Å².